The maximum Gasteiger partial charge on any atom is 0.310 e. The number of hydrogen-bond donors (Lipinski definition) is 1. The third kappa shape index (κ3) is 4.43. The van der Waals surface area contributed by atoms with Gasteiger partial charge in [0.1, 0.15) is 5.60 Å². The standard InChI is InChI=1S/C17H32N2O2/c1-12-7-6-8-13(2)19(12)15-9-14(10-18-11-15)16(20)21-17(3,4)5/h12-15,18H,6-11H2,1-5H3/t12-,13+,14-,15-/m1/s1. The normalized spacial score (nSPS) is 35.5. The third-order valence-corrected chi connectivity index (χ3v) is 4.75. The molecule has 2 aliphatic rings. The molecule has 122 valence electrons. The quantitative estimate of drug-likeness (QED) is 0.795. The molecule has 2 aliphatic heterocycles. The van der Waals surface area contributed by atoms with Gasteiger partial charge in [-0.3, -0.25) is 9.69 Å². The molecule has 1 N–H and O–H groups in total. The van der Waals surface area contributed by atoms with Crippen molar-refractivity contribution in [2.45, 2.75) is 84.0 Å². The summed E-state index contributed by atoms with van der Waals surface area (Å²) < 4.78 is 5.57. The minimum absolute atomic E-state index is 0.00991. The molecule has 21 heavy (non-hydrogen) atoms. The van der Waals surface area contributed by atoms with E-state index < -0.39 is 5.60 Å². The highest BCUT2D eigenvalue weighted by Crippen LogP contribution is 2.29. The van der Waals surface area contributed by atoms with Crippen molar-refractivity contribution in [3.8, 4) is 0 Å². The van der Waals surface area contributed by atoms with Crippen molar-refractivity contribution in [3.63, 3.8) is 0 Å². The first-order valence-corrected chi connectivity index (χ1v) is 8.49. The minimum atomic E-state index is -0.393. The molecule has 2 fully saturated rings. The average Bonchev–Trinajstić information content (AvgIpc) is 2.37. The SMILES string of the molecule is C[C@@H]1CCC[C@H](C)N1[C@H]1CNC[C@H](C(=O)OC(C)(C)C)C1. The van der Waals surface area contributed by atoms with Crippen LogP contribution in [0.25, 0.3) is 0 Å². The van der Waals surface area contributed by atoms with Crippen LogP contribution < -0.4 is 5.32 Å². The van der Waals surface area contributed by atoms with E-state index in [2.05, 4.69) is 24.1 Å². The molecular formula is C17H32N2O2. The zero-order valence-corrected chi connectivity index (χ0v) is 14.3. The van der Waals surface area contributed by atoms with Gasteiger partial charge in [-0.25, -0.2) is 0 Å². The van der Waals surface area contributed by atoms with E-state index in [1.165, 1.54) is 19.3 Å². The molecule has 0 aliphatic carbocycles. The second-order valence-electron chi connectivity index (χ2n) is 7.85. The van der Waals surface area contributed by atoms with Gasteiger partial charge in [-0.1, -0.05) is 6.42 Å². The summed E-state index contributed by atoms with van der Waals surface area (Å²) in [4.78, 5) is 15.0. The molecule has 2 heterocycles. The summed E-state index contributed by atoms with van der Waals surface area (Å²) in [6.45, 7) is 12.2. The van der Waals surface area contributed by atoms with Crippen molar-refractivity contribution >= 4 is 5.97 Å². The Kier molecular flexibility index (Phi) is 5.31. The highest BCUT2D eigenvalue weighted by Gasteiger charge is 2.37. The lowest BCUT2D eigenvalue weighted by Gasteiger charge is -2.46. The lowest BCUT2D eigenvalue weighted by atomic mass is 9.89. The van der Waals surface area contributed by atoms with Gasteiger partial charge in [-0.15, -0.1) is 0 Å². The molecule has 0 radical (unpaired) electrons. The van der Waals surface area contributed by atoms with Crippen molar-refractivity contribution < 1.29 is 9.53 Å². The summed E-state index contributed by atoms with van der Waals surface area (Å²) >= 11 is 0. The van der Waals surface area contributed by atoms with E-state index in [4.69, 9.17) is 4.74 Å². The second-order valence-corrected chi connectivity index (χ2v) is 7.85. The summed E-state index contributed by atoms with van der Waals surface area (Å²) in [5.41, 5.74) is -0.393. The van der Waals surface area contributed by atoms with Gasteiger partial charge in [0, 0.05) is 31.2 Å². The van der Waals surface area contributed by atoms with Crippen molar-refractivity contribution in [1.29, 1.82) is 0 Å². The second kappa shape index (κ2) is 6.66. The Hall–Kier alpha value is -0.610. The maximum absolute atomic E-state index is 12.3. The zero-order valence-electron chi connectivity index (χ0n) is 14.3. The highest BCUT2D eigenvalue weighted by atomic mass is 16.6. The monoisotopic (exact) mass is 296 g/mol. The fourth-order valence-electron chi connectivity index (χ4n) is 3.87. The number of carbonyl (C=O) groups excluding carboxylic acids is 1. The number of nitrogens with one attached hydrogen (secondary N) is 1. The van der Waals surface area contributed by atoms with Gasteiger partial charge >= 0.3 is 5.97 Å². The molecule has 0 aromatic rings. The summed E-state index contributed by atoms with van der Waals surface area (Å²) in [6.07, 6.45) is 4.81. The van der Waals surface area contributed by atoms with Gasteiger partial charge in [-0.05, 0) is 53.9 Å². The maximum atomic E-state index is 12.3. The van der Waals surface area contributed by atoms with Gasteiger partial charge in [0.2, 0.25) is 0 Å². The zero-order chi connectivity index (χ0) is 15.6. The van der Waals surface area contributed by atoms with Crippen LogP contribution in [0, 0.1) is 5.92 Å². The molecule has 2 rings (SSSR count). The molecule has 0 spiro atoms. The topological polar surface area (TPSA) is 41.6 Å². The van der Waals surface area contributed by atoms with Crippen molar-refractivity contribution in [3.05, 3.63) is 0 Å². The Morgan fingerprint density at radius 3 is 2.33 bits per heavy atom. The van der Waals surface area contributed by atoms with E-state index in [1.807, 2.05) is 20.8 Å². The van der Waals surface area contributed by atoms with E-state index in [1.54, 1.807) is 0 Å². The summed E-state index contributed by atoms with van der Waals surface area (Å²) in [5.74, 6) is -0.0543. The Bertz CT molecular complexity index is 354. The molecule has 4 atom stereocenters. The van der Waals surface area contributed by atoms with Gasteiger partial charge in [0.25, 0.3) is 0 Å². The van der Waals surface area contributed by atoms with Gasteiger partial charge < -0.3 is 10.1 Å². The van der Waals surface area contributed by atoms with E-state index >= 15 is 0 Å². The number of hydrogen-bond acceptors (Lipinski definition) is 4. The molecule has 4 heteroatoms. The number of ether oxygens (including phenoxy) is 1. The van der Waals surface area contributed by atoms with Gasteiger partial charge in [0.05, 0.1) is 5.92 Å². The van der Waals surface area contributed by atoms with Crippen LogP contribution in [0.4, 0.5) is 0 Å². The molecule has 0 aromatic carbocycles. The minimum Gasteiger partial charge on any atom is -0.460 e. The van der Waals surface area contributed by atoms with Crippen molar-refractivity contribution in [2.24, 2.45) is 5.92 Å². The number of esters is 1. The fourth-order valence-corrected chi connectivity index (χ4v) is 3.87. The van der Waals surface area contributed by atoms with Crippen LogP contribution in [-0.4, -0.2) is 47.7 Å². The molecule has 0 amide bonds. The van der Waals surface area contributed by atoms with Crippen LogP contribution >= 0.6 is 0 Å². The van der Waals surface area contributed by atoms with E-state index in [-0.39, 0.29) is 11.9 Å². The first-order valence-electron chi connectivity index (χ1n) is 8.49. The Balaban J connectivity index is 1.98. The third-order valence-electron chi connectivity index (χ3n) is 4.75. The highest BCUT2D eigenvalue weighted by molar-refractivity contribution is 5.73. The van der Waals surface area contributed by atoms with E-state index in [0.29, 0.717) is 18.1 Å². The number of piperidine rings is 2. The van der Waals surface area contributed by atoms with Crippen LogP contribution in [-0.2, 0) is 9.53 Å². The largest absolute Gasteiger partial charge is 0.460 e. The fraction of sp³-hybridized carbons (Fsp3) is 0.941. The summed E-state index contributed by atoms with van der Waals surface area (Å²) in [6, 6.07) is 1.71. The van der Waals surface area contributed by atoms with Crippen LogP contribution in [0.5, 0.6) is 0 Å². The summed E-state index contributed by atoms with van der Waals surface area (Å²) in [5, 5.41) is 3.45. The van der Waals surface area contributed by atoms with Crippen molar-refractivity contribution in [2.75, 3.05) is 13.1 Å². The van der Waals surface area contributed by atoms with E-state index in [0.717, 1.165) is 19.5 Å². The number of likely N-dealkylation sites (tertiary alicyclic amines) is 1. The van der Waals surface area contributed by atoms with Crippen LogP contribution in [0.2, 0.25) is 0 Å². The molecule has 4 nitrogen and oxygen atoms in total. The Morgan fingerprint density at radius 1 is 1.14 bits per heavy atom. The first kappa shape index (κ1) is 16.8. The van der Waals surface area contributed by atoms with Gasteiger partial charge in [-0.2, -0.15) is 0 Å². The van der Waals surface area contributed by atoms with Crippen LogP contribution in [0.1, 0.15) is 60.3 Å². The molecular weight excluding hydrogens is 264 g/mol. The Morgan fingerprint density at radius 2 is 1.76 bits per heavy atom. The summed E-state index contributed by atoms with van der Waals surface area (Å²) in [7, 11) is 0. The molecule has 0 aromatic heterocycles. The lowest BCUT2D eigenvalue weighted by molar-refractivity contribution is -0.161. The van der Waals surface area contributed by atoms with Crippen molar-refractivity contribution in [1.82, 2.24) is 10.2 Å². The van der Waals surface area contributed by atoms with Crippen LogP contribution in [0.15, 0.2) is 0 Å². The Labute approximate surface area is 129 Å². The van der Waals surface area contributed by atoms with Gasteiger partial charge in [0.15, 0.2) is 0 Å². The molecule has 0 unspecified atom stereocenters. The predicted octanol–water partition coefficient (Wildman–Crippen LogP) is 2.57. The smallest absolute Gasteiger partial charge is 0.310 e. The van der Waals surface area contributed by atoms with Crippen LogP contribution in [0.3, 0.4) is 0 Å². The molecule has 2 saturated heterocycles. The first-order chi connectivity index (χ1) is 9.78. The predicted molar refractivity (Wildman–Crippen MR) is 85.2 cm³/mol. The molecule has 0 bridgehead atoms. The number of nitrogens with zero attached hydrogens (tertiary/aromatic N) is 1. The lowest BCUT2D eigenvalue weighted by Crippen LogP contribution is -2.57. The number of carbonyl (C=O) groups is 1. The number of rotatable bonds is 2. The molecule has 0 saturated carbocycles. The van der Waals surface area contributed by atoms with E-state index in [9.17, 15) is 4.79 Å². The average molecular weight is 296 g/mol.